The molecule has 1 unspecified atom stereocenters. The molecule has 0 fully saturated rings. The van der Waals surface area contributed by atoms with Crippen LogP contribution in [0.25, 0.3) is 0 Å². The second-order valence-electron chi connectivity index (χ2n) is 2.24. The van der Waals surface area contributed by atoms with Gasteiger partial charge in [-0.1, -0.05) is 58.0 Å². The van der Waals surface area contributed by atoms with E-state index in [9.17, 15) is 0 Å². The maximum absolute atomic E-state index is 6.03. The van der Waals surface area contributed by atoms with Crippen LogP contribution in [0.4, 0.5) is 0 Å². The van der Waals surface area contributed by atoms with Crippen LogP contribution in [0.15, 0.2) is 9.03 Å². The highest BCUT2D eigenvalue weighted by molar-refractivity contribution is 7.70. The molecule has 0 saturated heterocycles. The van der Waals surface area contributed by atoms with Crippen molar-refractivity contribution in [2.45, 2.75) is 14.3 Å². The van der Waals surface area contributed by atoms with Crippen molar-refractivity contribution in [3.8, 4) is 0 Å². The smallest absolute Gasteiger partial charge is 0.193 e. The molecule has 0 aromatic heterocycles. The highest BCUT2D eigenvalue weighted by Crippen LogP contribution is 2.62. The maximum atomic E-state index is 6.03. The fourth-order valence-corrected chi connectivity index (χ4v) is 7.42. The van der Waals surface area contributed by atoms with Gasteiger partial charge in [-0.05, 0) is 0 Å². The van der Waals surface area contributed by atoms with Gasteiger partial charge in [0.25, 0.3) is 0 Å². The summed E-state index contributed by atoms with van der Waals surface area (Å²) in [5, 5.41) is 0. The lowest BCUT2D eigenvalue weighted by Gasteiger charge is -2.28. The van der Waals surface area contributed by atoms with Gasteiger partial charge in [0.05, 0.1) is 0 Å². The topological polar surface area (TPSA) is 36.8 Å². The van der Waals surface area contributed by atoms with Gasteiger partial charge in [0.15, 0.2) is 16.4 Å². The van der Waals surface area contributed by atoms with E-state index in [0.717, 1.165) is 0 Å². The molecule has 11 heteroatoms. The molecule has 0 aliphatic carbocycles. The van der Waals surface area contributed by atoms with E-state index in [2.05, 4.69) is 13.9 Å². The molecule has 1 aliphatic rings. The SMILES string of the molecule is ClC(Cl)(Cl)CC(Cl)(Cl)P1N=PN=PN1. The molecule has 0 bridgehead atoms. The zero-order valence-electron chi connectivity index (χ0n) is 6.33. The average molecular weight is 351 g/mol. The molecule has 0 spiro atoms. The Bertz CT molecular complexity index is 263. The first kappa shape index (κ1) is 14.1. The first-order chi connectivity index (χ1) is 6.31. The first-order valence-corrected chi connectivity index (χ1v) is 7.95. The van der Waals surface area contributed by atoms with Crippen LogP contribution in [0, 0.1) is 0 Å². The highest BCUT2D eigenvalue weighted by Gasteiger charge is 2.42. The third-order valence-corrected chi connectivity index (χ3v) is 6.31. The van der Waals surface area contributed by atoms with Crippen LogP contribution in [-0.4, -0.2) is 7.87 Å². The number of hydrogen-bond acceptors (Lipinski definition) is 3. The van der Waals surface area contributed by atoms with Gasteiger partial charge >= 0.3 is 0 Å². The third-order valence-electron chi connectivity index (χ3n) is 1.08. The summed E-state index contributed by atoms with van der Waals surface area (Å²) in [7, 11) is 0.158. The van der Waals surface area contributed by atoms with Crippen molar-refractivity contribution in [3.05, 3.63) is 0 Å². The summed E-state index contributed by atoms with van der Waals surface area (Å²) in [6.45, 7) is 0. The Morgan fingerprint density at radius 3 is 2.29 bits per heavy atom. The summed E-state index contributed by atoms with van der Waals surface area (Å²) in [4.78, 5) is 2.94. The van der Waals surface area contributed by atoms with Crippen molar-refractivity contribution >= 4 is 83.3 Å². The minimum Gasteiger partial charge on any atom is -0.210 e. The van der Waals surface area contributed by atoms with E-state index in [-0.39, 0.29) is 6.42 Å². The quantitative estimate of drug-likeness (QED) is 0.489. The van der Waals surface area contributed by atoms with Crippen LogP contribution in [0.5, 0.6) is 0 Å². The van der Waals surface area contributed by atoms with E-state index in [0.29, 0.717) is 17.0 Å². The Morgan fingerprint density at radius 2 is 1.86 bits per heavy atom. The van der Waals surface area contributed by atoms with E-state index in [1.54, 1.807) is 0 Å². The molecule has 0 saturated carbocycles. The Kier molecular flexibility index (Phi) is 5.63. The summed E-state index contributed by atoms with van der Waals surface area (Å²) < 4.78 is 5.34. The number of halogens is 5. The van der Waals surface area contributed by atoms with Crippen molar-refractivity contribution in [1.82, 2.24) is 4.86 Å². The standard InChI is InChI=1S/C3H3Cl5N3P3/c4-2(5,6)1-3(7,8)14-10-12-9-13-11-14/h1H2,(H,9,10,11). The van der Waals surface area contributed by atoms with Crippen LogP contribution in [0.2, 0.25) is 0 Å². The van der Waals surface area contributed by atoms with Crippen LogP contribution in [0.1, 0.15) is 6.42 Å². The minimum absolute atomic E-state index is 0.0149. The second-order valence-corrected chi connectivity index (χ2v) is 10.8. The third kappa shape index (κ3) is 4.91. The van der Waals surface area contributed by atoms with Crippen LogP contribution in [-0.2, 0) is 0 Å². The van der Waals surface area contributed by atoms with E-state index in [1.165, 1.54) is 0 Å². The van der Waals surface area contributed by atoms with Gasteiger partial charge in [-0.15, -0.1) is 0 Å². The van der Waals surface area contributed by atoms with Gasteiger partial charge in [0, 0.05) is 6.42 Å². The molecule has 1 aliphatic heterocycles. The predicted molar refractivity (Wildman–Crippen MR) is 68.1 cm³/mol. The van der Waals surface area contributed by atoms with Gasteiger partial charge in [0.2, 0.25) is 0 Å². The van der Waals surface area contributed by atoms with E-state index in [1.807, 2.05) is 0 Å². The molecule has 80 valence electrons. The lowest BCUT2D eigenvalue weighted by atomic mass is 10.5. The first-order valence-electron chi connectivity index (χ1n) is 3.12. The molecule has 3 nitrogen and oxygen atoms in total. The zero-order chi connectivity index (χ0) is 10.8. The number of nitrogens with one attached hydrogen (secondary N) is 1. The molecular formula is C3H3Cl5N3P3. The molecule has 0 radical (unpaired) electrons. The summed E-state index contributed by atoms with van der Waals surface area (Å²) in [6.07, 6.45) is 0.0149. The lowest BCUT2D eigenvalue weighted by molar-refractivity contribution is 0.883. The van der Waals surface area contributed by atoms with Crippen LogP contribution < -0.4 is 4.86 Å². The Hall–Kier alpha value is 2.04. The molecule has 1 rings (SSSR count). The Morgan fingerprint density at radius 1 is 1.21 bits per heavy atom. The van der Waals surface area contributed by atoms with Gasteiger partial charge in [-0.3, -0.25) is 0 Å². The molecule has 0 aromatic carbocycles. The summed E-state index contributed by atoms with van der Waals surface area (Å²) in [5.74, 6) is 0. The number of alkyl halides is 5. The van der Waals surface area contributed by atoms with E-state index in [4.69, 9.17) is 58.0 Å². The minimum atomic E-state index is -1.48. The number of rotatable bonds is 2. The summed E-state index contributed by atoms with van der Waals surface area (Å²) in [6, 6.07) is 0. The van der Waals surface area contributed by atoms with Gasteiger partial charge in [0.1, 0.15) is 16.7 Å². The normalized spacial score (nSPS) is 25.1. The van der Waals surface area contributed by atoms with Gasteiger partial charge < -0.3 is 0 Å². The van der Waals surface area contributed by atoms with Crippen molar-refractivity contribution < 1.29 is 0 Å². The molecule has 1 atom stereocenters. The average Bonchev–Trinajstić information content (AvgIpc) is 2.01. The molecule has 14 heavy (non-hydrogen) atoms. The van der Waals surface area contributed by atoms with Gasteiger partial charge in [-0.25, -0.2) is 9.37 Å². The Labute approximate surface area is 111 Å². The van der Waals surface area contributed by atoms with E-state index >= 15 is 0 Å². The van der Waals surface area contributed by atoms with Crippen molar-refractivity contribution in [1.29, 1.82) is 0 Å². The molecule has 1 N–H and O–H groups in total. The number of hydrogen-bond donors (Lipinski definition) is 1. The van der Waals surface area contributed by atoms with E-state index < -0.39 is 16.1 Å². The maximum Gasteiger partial charge on any atom is 0.193 e. The van der Waals surface area contributed by atoms with Crippen molar-refractivity contribution in [2.75, 3.05) is 0 Å². The highest BCUT2D eigenvalue weighted by atomic mass is 35.6. The van der Waals surface area contributed by atoms with Crippen molar-refractivity contribution in [3.63, 3.8) is 0 Å². The Balaban J connectivity index is 2.65. The zero-order valence-corrected chi connectivity index (χ0v) is 12.8. The van der Waals surface area contributed by atoms with Crippen LogP contribution >= 0.6 is 83.3 Å². The molecule has 0 amide bonds. The molecule has 1 heterocycles. The lowest BCUT2D eigenvalue weighted by Crippen LogP contribution is -2.21. The van der Waals surface area contributed by atoms with Crippen LogP contribution in [0.3, 0.4) is 0 Å². The fraction of sp³-hybridized carbons (Fsp3) is 1.00. The predicted octanol–water partition coefficient (Wildman–Crippen LogP) is 5.88. The second kappa shape index (κ2) is 5.58. The molecule has 0 aromatic rings. The fourth-order valence-electron chi connectivity index (χ4n) is 0.615. The van der Waals surface area contributed by atoms with Gasteiger partial charge in [-0.2, -0.15) is 4.52 Å². The largest absolute Gasteiger partial charge is 0.210 e. The summed E-state index contributed by atoms with van der Waals surface area (Å²) >= 11 is 28.9. The monoisotopic (exact) mass is 349 g/mol. The number of nitrogens with zero attached hydrogens (tertiary/aromatic N) is 2. The molecular weight excluding hydrogens is 348 g/mol. The van der Waals surface area contributed by atoms with Crippen molar-refractivity contribution in [2.24, 2.45) is 9.03 Å². The summed E-state index contributed by atoms with van der Waals surface area (Å²) in [5.41, 5.74) is 0.